The molecule has 2 aromatic carbocycles. The van der Waals surface area contributed by atoms with E-state index < -0.39 is 0 Å². The number of nitrogens with zero attached hydrogens (tertiary/aromatic N) is 1. The van der Waals surface area contributed by atoms with Crippen LogP contribution in [0.2, 0.25) is 0 Å². The zero-order chi connectivity index (χ0) is 14.8. The molecule has 3 aromatic rings. The fourth-order valence-electron chi connectivity index (χ4n) is 2.09. The Hall–Kier alpha value is -1.56. The quantitative estimate of drug-likeness (QED) is 0.723. The molecule has 0 saturated carbocycles. The maximum absolute atomic E-state index is 13.2. The van der Waals surface area contributed by atoms with Gasteiger partial charge in [-0.05, 0) is 34.1 Å². The number of hydrogen-bond acceptors (Lipinski definition) is 3. The third-order valence-corrected chi connectivity index (χ3v) is 4.86. The predicted molar refractivity (Wildman–Crippen MR) is 88.5 cm³/mol. The largest absolute Gasteiger partial charge is 0.326 e. The SMILES string of the molecule is NCc1sc(-c2ccc(F)cc2Br)nc1-c1ccccc1. The van der Waals surface area contributed by atoms with Crippen LogP contribution >= 0.6 is 27.3 Å². The molecule has 0 amide bonds. The van der Waals surface area contributed by atoms with Crippen molar-refractivity contribution in [2.45, 2.75) is 6.54 Å². The Morgan fingerprint density at radius 3 is 2.57 bits per heavy atom. The lowest BCUT2D eigenvalue weighted by Gasteiger charge is -2.00. The number of rotatable bonds is 3. The van der Waals surface area contributed by atoms with Gasteiger partial charge in [0.2, 0.25) is 0 Å². The molecule has 0 unspecified atom stereocenters. The summed E-state index contributed by atoms with van der Waals surface area (Å²) < 4.78 is 13.9. The van der Waals surface area contributed by atoms with Gasteiger partial charge in [-0.2, -0.15) is 0 Å². The lowest BCUT2D eigenvalue weighted by molar-refractivity contribution is 0.627. The van der Waals surface area contributed by atoms with Gasteiger partial charge in [0.25, 0.3) is 0 Å². The van der Waals surface area contributed by atoms with E-state index in [2.05, 4.69) is 15.9 Å². The molecule has 2 N–H and O–H groups in total. The van der Waals surface area contributed by atoms with E-state index >= 15 is 0 Å². The van der Waals surface area contributed by atoms with E-state index in [0.29, 0.717) is 11.0 Å². The van der Waals surface area contributed by atoms with Crippen LogP contribution in [0.15, 0.2) is 53.0 Å². The Morgan fingerprint density at radius 1 is 1.14 bits per heavy atom. The van der Waals surface area contributed by atoms with E-state index in [0.717, 1.165) is 26.7 Å². The Kier molecular flexibility index (Phi) is 4.14. The third kappa shape index (κ3) is 2.90. The Morgan fingerprint density at radius 2 is 1.90 bits per heavy atom. The van der Waals surface area contributed by atoms with Gasteiger partial charge < -0.3 is 5.73 Å². The monoisotopic (exact) mass is 362 g/mol. The average molecular weight is 363 g/mol. The summed E-state index contributed by atoms with van der Waals surface area (Å²) in [6.07, 6.45) is 0. The molecule has 21 heavy (non-hydrogen) atoms. The van der Waals surface area contributed by atoms with Crippen molar-refractivity contribution in [2.75, 3.05) is 0 Å². The summed E-state index contributed by atoms with van der Waals surface area (Å²) >= 11 is 4.93. The molecule has 0 fully saturated rings. The standard InChI is InChI=1S/C16H12BrFN2S/c17-13-8-11(18)6-7-12(13)16-20-15(14(9-19)21-16)10-4-2-1-3-5-10/h1-8H,9,19H2. The van der Waals surface area contributed by atoms with Crippen molar-refractivity contribution in [1.82, 2.24) is 4.98 Å². The molecule has 2 nitrogen and oxygen atoms in total. The normalized spacial score (nSPS) is 10.8. The maximum atomic E-state index is 13.2. The average Bonchev–Trinajstić information content (AvgIpc) is 2.92. The van der Waals surface area contributed by atoms with Crippen molar-refractivity contribution in [3.05, 3.63) is 63.7 Å². The minimum atomic E-state index is -0.274. The fourth-order valence-corrected chi connectivity index (χ4v) is 3.76. The van der Waals surface area contributed by atoms with Gasteiger partial charge >= 0.3 is 0 Å². The topological polar surface area (TPSA) is 38.9 Å². The molecule has 0 radical (unpaired) electrons. The van der Waals surface area contributed by atoms with Crippen LogP contribution in [-0.4, -0.2) is 4.98 Å². The van der Waals surface area contributed by atoms with Crippen molar-refractivity contribution in [1.29, 1.82) is 0 Å². The summed E-state index contributed by atoms with van der Waals surface area (Å²) in [5, 5.41) is 0.834. The van der Waals surface area contributed by atoms with Crippen LogP contribution in [0.25, 0.3) is 21.8 Å². The minimum Gasteiger partial charge on any atom is -0.326 e. The second-order valence-electron chi connectivity index (χ2n) is 4.49. The molecule has 0 aliphatic carbocycles. The highest BCUT2D eigenvalue weighted by Gasteiger charge is 2.15. The van der Waals surface area contributed by atoms with Crippen LogP contribution in [0, 0.1) is 5.82 Å². The van der Waals surface area contributed by atoms with Gasteiger partial charge in [-0.3, -0.25) is 0 Å². The molecule has 106 valence electrons. The summed E-state index contributed by atoms with van der Waals surface area (Å²) in [5.74, 6) is -0.274. The van der Waals surface area contributed by atoms with Crippen LogP contribution in [0.3, 0.4) is 0 Å². The molecule has 0 aliphatic rings. The molecular weight excluding hydrogens is 351 g/mol. The lowest BCUT2D eigenvalue weighted by Crippen LogP contribution is -1.95. The van der Waals surface area contributed by atoms with Gasteiger partial charge in [-0.25, -0.2) is 9.37 Å². The van der Waals surface area contributed by atoms with Crippen molar-refractivity contribution < 1.29 is 4.39 Å². The molecule has 0 saturated heterocycles. The van der Waals surface area contributed by atoms with Gasteiger partial charge in [0, 0.05) is 27.0 Å². The highest BCUT2D eigenvalue weighted by atomic mass is 79.9. The van der Waals surface area contributed by atoms with Crippen molar-refractivity contribution in [2.24, 2.45) is 5.73 Å². The number of halogens is 2. The van der Waals surface area contributed by atoms with E-state index in [-0.39, 0.29) is 5.82 Å². The van der Waals surface area contributed by atoms with Gasteiger partial charge in [-0.1, -0.05) is 30.3 Å². The second kappa shape index (κ2) is 6.05. The van der Waals surface area contributed by atoms with Crippen molar-refractivity contribution in [3.8, 4) is 21.8 Å². The Labute approximate surface area is 134 Å². The summed E-state index contributed by atoms with van der Waals surface area (Å²) in [6, 6.07) is 14.6. The minimum absolute atomic E-state index is 0.274. The predicted octanol–water partition coefficient (Wildman–Crippen LogP) is 4.84. The fraction of sp³-hybridized carbons (Fsp3) is 0.0625. The number of nitrogens with two attached hydrogens (primary N) is 1. The zero-order valence-electron chi connectivity index (χ0n) is 11.0. The third-order valence-electron chi connectivity index (χ3n) is 3.09. The van der Waals surface area contributed by atoms with Crippen LogP contribution in [0.5, 0.6) is 0 Å². The zero-order valence-corrected chi connectivity index (χ0v) is 13.4. The molecule has 0 atom stereocenters. The number of hydrogen-bond donors (Lipinski definition) is 1. The molecule has 1 heterocycles. The molecule has 1 aromatic heterocycles. The Balaban J connectivity index is 2.12. The summed E-state index contributed by atoms with van der Waals surface area (Å²) in [7, 11) is 0. The Bertz CT molecular complexity index is 771. The number of thiazole rings is 1. The van der Waals surface area contributed by atoms with Crippen LogP contribution in [0.4, 0.5) is 4.39 Å². The molecular formula is C16H12BrFN2S. The molecule has 0 aliphatic heterocycles. The van der Waals surface area contributed by atoms with E-state index in [9.17, 15) is 4.39 Å². The van der Waals surface area contributed by atoms with E-state index in [1.807, 2.05) is 30.3 Å². The summed E-state index contributed by atoms with van der Waals surface area (Å²) in [6.45, 7) is 0.431. The first kappa shape index (κ1) is 14.4. The molecule has 5 heteroatoms. The van der Waals surface area contributed by atoms with E-state index in [1.54, 1.807) is 6.07 Å². The maximum Gasteiger partial charge on any atom is 0.125 e. The van der Waals surface area contributed by atoms with Gasteiger partial charge in [-0.15, -0.1) is 11.3 Å². The summed E-state index contributed by atoms with van der Waals surface area (Å²) in [5.41, 5.74) is 8.65. The summed E-state index contributed by atoms with van der Waals surface area (Å²) in [4.78, 5) is 5.72. The van der Waals surface area contributed by atoms with E-state index in [1.165, 1.54) is 23.5 Å². The number of aromatic nitrogens is 1. The number of benzene rings is 2. The lowest BCUT2D eigenvalue weighted by atomic mass is 10.1. The first-order valence-electron chi connectivity index (χ1n) is 6.39. The van der Waals surface area contributed by atoms with Gasteiger partial charge in [0.1, 0.15) is 10.8 Å². The van der Waals surface area contributed by atoms with Crippen molar-refractivity contribution in [3.63, 3.8) is 0 Å². The van der Waals surface area contributed by atoms with Crippen LogP contribution < -0.4 is 5.73 Å². The molecule has 3 rings (SSSR count). The highest BCUT2D eigenvalue weighted by Crippen LogP contribution is 2.36. The van der Waals surface area contributed by atoms with Crippen LogP contribution in [0.1, 0.15) is 4.88 Å². The highest BCUT2D eigenvalue weighted by molar-refractivity contribution is 9.10. The smallest absolute Gasteiger partial charge is 0.125 e. The first-order valence-corrected chi connectivity index (χ1v) is 8.00. The van der Waals surface area contributed by atoms with E-state index in [4.69, 9.17) is 10.7 Å². The first-order chi connectivity index (χ1) is 10.2. The second-order valence-corrected chi connectivity index (χ2v) is 6.42. The van der Waals surface area contributed by atoms with Crippen molar-refractivity contribution >= 4 is 27.3 Å². The van der Waals surface area contributed by atoms with Gasteiger partial charge in [0.05, 0.1) is 5.69 Å². The van der Waals surface area contributed by atoms with Crippen LogP contribution in [-0.2, 0) is 6.54 Å². The molecule has 0 bridgehead atoms. The molecule has 0 spiro atoms. The van der Waals surface area contributed by atoms with Gasteiger partial charge in [0.15, 0.2) is 0 Å².